The van der Waals surface area contributed by atoms with E-state index in [0.717, 1.165) is 27.8 Å². The number of hydrogen-bond acceptors (Lipinski definition) is 2. The molecule has 0 aromatic heterocycles. The van der Waals surface area contributed by atoms with Crippen LogP contribution in [0.5, 0.6) is 5.75 Å². The Morgan fingerprint density at radius 1 is 1.56 bits per heavy atom. The van der Waals surface area contributed by atoms with Crippen LogP contribution in [-0.4, -0.2) is 6.61 Å². The first-order chi connectivity index (χ1) is 7.54. The van der Waals surface area contributed by atoms with Gasteiger partial charge in [0.25, 0.3) is 0 Å². The fraction of sp³-hybridized carbons (Fsp3) is 0.385. The number of benzene rings is 1. The summed E-state index contributed by atoms with van der Waals surface area (Å²) in [6, 6.07) is 5.87. The Hall–Kier alpha value is -0.800. The largest absolute Gasteiger partial charge is 0.489 e. The molecule has 88 valence electrons. The predicted octanol–water partition coefficient (Wildman–Crippen LogP) is 3.81. The summed E-state index contributed by atoms with van der Waals surface area (Å²) < 4.78 is 6.72. The first kappa shape index (κ1) is 13.3. The molecule has 0 aliphatic heterocycles. The maximum Gasteiger partial charge on any atom is 0.125 e. The van der Waals surface area contributed by atoms with Crippen molar-refractivity contribution in [3.05, 3.63) is 40.4 Å². The summed E-state index contributed by atoms with van der Waals surface area (Å²) in [5, 5.41) is 0. The molecule has 0 unspecified atom stereocenters. The molecule has 3 heteroatoms. The molecule has 0 saturated heterocycles. The second-order valence-electron chi connectivity index (χ2n) is 3.86. The number of nitrogens with two attached hydrogens (primary N) is 1. The van der Waals surface area contributed by atoms with Crippen molar-refractivity contribution in [2.45, 2.75) is 26.3 Å². The van der Waals surface area contributed by atoms with E-state index in [4.69, 9.17) is 10.5 Å². The zero-order chi connectivity index (χ0) is 12.1. The van der Waals surface area contributed by atoms with Crippen molar-refractivity contribution in [3.8, 4) is 5.75 Å². The highest BCUT2D eigenvalue weighted by atomic mass is 79.9. The highest BCUT2D eigenvalue weighted by Gasteiger charge is 2.08. The van der Waals surface area contributed by atoms with E-state index in [9.17, 15) is 0 Å². The topological polar surface area (TPSA) is 35.2 Å². The third kappa shape index (κ3) is 3.65. The van der Waals surface area contributed by atoms with Crippen LogP contribution in [0.25, 0.3) is 0 Å². The maximum absolute atomic E-state index is 5.89. The van der Waals surface area contributed by atoms with Crippen molar-refractivity contribution in [2.24, 2.45) is 5.73 Å². The molecule has 2 N–H and O–H groups in total. The van der Waals surface area contributed by atoms with Crippen LogP contribution < -0.4 is 10.5 Å². The minimum Gasteiger partial charge on any atom is -0.489 e. The van der Waals surface area contributed by atoms with E-state index in [0.29, 0.717) is 6.61 Å². The van der Waals surface area contributed by atoms with Crippen molar-refractivity contribution in [1.29, 1.82) is 0 Å². The van der Waals surface area contributed by atoms with E-state index in [2.05, 4.69) is 29.4 Å². The molecule has 0 fully saturated rings. The van der Waals surface area contributed by atoms with Gasteiger partial charge in [-0.3, -0.25) is 0 Å². The fourth-order valence-corrected chi connectivity index (χ4v) is 1.63. The van der Waals surface area contributed by atoms with Crippen molar-refractivity contribution in [1.82, 2.24) is 0 Å². The molecule has 0 amide bonds. The molecule has 0 spiro atoms. The summed E-state index contributed by atoms with van der Waals surface area (Å²) >= 11 is 3.43. The van der Waals surface area contributed by atoms with Crippen molar-refractivity contribution in [2.75, 3.05) is 6.61 Å². The smallest absolute Gasteiger partial charge is 0.125 e. The van der Waals surface area contributed by atoms with Gasteiger partial charge >= 0.3 is 0 Å². The molecule has 16 heavy (non-hydrogen) atoms. The second kappa shape index (κ2) is 6.06. The summed E-state index contributed by atoms with van der Waals surface area (Å²) in [6.07, 6.45) is 0.932. The van der Waals surface area contributed by atoms with Crippen LogP contribution in [0.1, 0.15) is 31.9 Å². The normalized spacial score (nSPS) is 12.2. The molecule has 0 aliphatic carbocycles. The average molecular weight is 284 g/mol. The van der Waals surface area contributed by atoms with Gasteiger partial charge in [0.1, 0.15) is 12.4 Å². The molecule has 0 aliphatic rings. The third-order valence-corrected chi connectivity index (χ3v) is 2.89. The molecular formula is C13H18BrNO. The van der Waals surface area contributed by atoms with Crippen LogP contribution in [0.4, 0.5) is 0 Å². The van der Waals surface area contributed by atoms with Gasteiger partial charge in [0.05, 0.1) is 0 Å². The van der Waals surface area contributed by atoms with Crippen LogP contribution in [0.2, 0.25) is 0 Å². The third-order valence-electron chi connectivity index (χ3n) is 2.40. The Bertz CT molecular complexity index is 374. The lowest BCUT2D eigenvalue weighted by atomic mass is 10.1. The van der Waals surface area contributed by atoms with Gasteiger partial charge in [-0.15, -0.1) is 0 Å². The summed E-state index contributed by atoms with van der Waals surface area (Å²) in [4.78, 5) is 0. The Balaban J connectivity index is 2.84. The Morgan fingerprint density at radius 2 is 2.25 bits per heavy atom. The zero-order valence-electron chi connectivity index (χ0n) is 9.79. The van der Waals surface area contributed by atoms with Crippen LogP contribution in [0, 0.1) is 0 Å². The van der Waals surface area contributed by atoms with Gasteiger partial charge in [0.2, 0.25) is 0 Å². The van der Waals surface area contributed by atoms with E-state index < -0.39 is 0 Å². The molecule has 0 bridgehead atoms. The van der Waals surface area contributed by atoms with E-state index in [-0.39, 0.29) is 6.04 Å². The molecule has 0 heterocycles. The first-order valence-electron chi connectivity index (χ1n) is 5.39. The number of rotatable bonds is 5. The minimum absolute atomic E-state index is 0.0296. The molecule has 0 radical (unpaired) electrons. The van der Waals surface area contributed by atoms with Gasteiger partial charge in [0.15, 0.2) is 0 Å². The lowest BCUT2D eigenvalue weighted by Crippen LogP contribution is -2.09. The summed E-state index contributed by atoms with van der Waals surface area (Å²) in [5.41, 5.74) is 7.99. The summed E-state index contributed by atoms with van der Waals surface area (Å²) in [6.45, 7) is 8.48. The average Bonchev–Trinajstić information content (AvgIpc) is 2.25. The fourth-order valence-electron chi connectivity index (χ4n) is 1.29. The van der Waals surface area contributed by atoms with Crippen LogP contribution in [0.15, 0.2) is 34.8 Å². The molecule has 2 nitrogen and oxygen atoms in total. The van der Waals surface area contributed by atoms with Gasteiger partial charge in [-0.05, 0) is 31.1 Å². The quantitative estimate of drug-likeness (QED) is 0.834. The lowest BCUT2D eigenvalue weighted by molar-refractivity contribution is 0.343. The number of ether oxygens (including phenoxy) is 1. The highest BCUT2D eigenvalue weighted by molar-refractivity contribution is 9.10. The van der Waals surface area contributed by atoms with E-state index in [1.54, 1.807) is 0 Å². The molecule has 1 rings (SSSR count). The van der Waals surface area contributed by atoms with Crippen LogP contribution >= 0.6 is 15.9 Å². The molecule has 1 atom stereocenters. The minimum atomic E-state index is -0.0296. The Kier molecular flexibility index (Phi) is 5.03. The van der Waals surface area contributed by atoms with Gasteiger partial charge < -0.3 is 10.5 Å². The van der Waals surface area contributed by atoms with E-state index in [1.165, 1.54) is 0 Å². The zero-order valence-corrected chi connectivity index (χ0v) is 11.4. The summed E-state index contributed by atoms with van der Waals surface area (Å²) in [5.74, 6) is 0.832. The SMILES string of the molecule is C=C(CC)COc1cc(Br)ccc1[C@@H](C)N. The Morgan fingerprint density at radius 3 is 2.81 bits per heavy atom. The van der Waals surface area contributed by atoms with Gasteiger partial charge in [0, 0.05) is 16.1 Å². The van der Waals surface area contributed by atoms with Gasteiger partial charge in [-0.2, -0.15) is 0 Å². The summed E-state index contributed by atoms with van der Waals surface area (Å²) in [7, 11) is 0. The van der Waals surface area contributed by atoms with Crippen molar-refractivity contribution >= 4 is 15.9 Å². The lowest BCUT2D eigenvalue weighted by Gasteiger charge is -2.14. The van der Waals surface area contributed by atoms with E-state index >= 15 is 0 Å². The Labute approximate surface area is 106 Å². The predicted molar refractivity (Wildman–Crippen MR) is 71.7 cm³/mol. The molecule has 1 aromatic rings. The van der Waals surface area contributed by atoms with Crippen molar-refractivity contribution in [3.63, 3.8) is 0 Å². The molecule has 0 saturated carbocycles. The van der Waals surface area contributed by atoms with Gasteiger partial charge in [-0.1, -0.05) is 35.5 Å². The maximum atomic E-state index is 5.89. The number of halogens is 1. The first-order valence-corrected chi connectivity index (χ1v) is 6.18. The molecular weight excluding hydrogens is 266 g/mol. The highest BCUT2D eigenvalue weighted by Crippen LogP contribution is 2.28. The van der Waals surface area contributed by atoms with Crippen LogP contribution in [0.3, 0.4) is 0 Å². The monoisotopic (exact) mass is 283 g/mol. The second-order valence-corrected chi connectivity index (χ2v) is 4.78. The van der Waals surface area contributed by atoms with Crippen molar-refractivity contribution < 1.29 is 4.74 Å². The van der Waals surface area contributed by atoms with E-state index in [1.807, 2.05) is 25.1 Å². The van der Waals surface area contributed by atoms with Crippen LogP contribution in [-0.2, 0) is 0 Å². The standard InChI is InChI=1S/C13H18BrNO/c1-4-9(2)8-16-13-7-11(14)5-6-12(13)10(3)15/h5-7,10H,2,4,8,15H2,1,3H3/t10-/m1/s1. The van der Waals surface area contributed by atoms with Gasteiger partial charge in [-0.25, -0.2) is 0 Å². The number of hydrogen-bond donors (Lipinski definition) is 1. The molecule has 1 aromatic carbocycles.